The van der Waals surface area contributed by atoms with E-state index in [1.165, 1.54) is 6.07 Å². The molecular weight excluding hydrogens is 312 g/mol. The molecule has 0 fully saturated rings. The van der Waals surface area contributed by atoms with Gasteiger partial charge in [0.05, 0.1) is 16.1 Å². The molecule has 21 heavy (non-hydrogen) atoms. The maximum absolute atomic E-state index is 13.1. The molecule has 110 valence electrons. The van der Waals surface area contributed by atoms with Gasteiger partial charge in [0, 0.05) is 0 Å². The first kappa shape index (κ1) is 15.3. The second kappa shape index (κ2) is 5.37. The first-order valence-electron chi connectivity index (χ1n) is 5.59. The van der Waals surface area contributed by atoms with Crippen LogP contribution in [0.2, 0.25) is 5.02 Å². The van der Waals surface area contributed by atoms with Crippen molar-refractivity contribution in [2.75, 3.05) is 0 Å². The van der Waals surface area contributed by atoms with Gasteiger partial charge in [0.15, 0.2) is 0 Å². The molecule has 0 amide bonds. The summed E-state index contributed by atoms with van der Waals surface area (Å²) in [6.45, 7) is 0. The normalized spacial score (nSPS) is 11.5. The van der Waals surface area contributed by atoms with E-state index in [0.717, 1.165) is 24.3 Å². The van der Waals surface area contributed by atoms with Gasteiger partial charge in [0.2, 0.25) is 0 Å². The maximum Gasteiger partial charge on any atom is 0.416 e. The molecule has 0 saturated carbocycles. The molecule has 0 bridgehead atoms. The van der Waals surface area contributed by atoms with Crippen LogP contribution < -0.4 is 0 Å². The molecule has 2 aromatic rings. The van der Waals surface area contributed by atoms with Gasteiger partial charge >= 0.3 is 12.1 Å². The minimum Gasteiger partial charge on any atom is -0.478 e. The summed E-state index contributed by atoms with van der Waals surface area (Å²) in [5, 5.41) is 8.63. The number of alkyl halides is 3. The SMILES string of the molecule is O=C(O)c1cc(-c2ccc(F)c(Cl)c2)cc(C(F)(F)F)c1. The van der Waals surface area contributed by atoms with Crippen molar-refractivity contribution in [2.45, 2.75) is 6.18 Å². The average Bonchev–Trinajstić information content (AvgIpc) is 2.40. The monoisotopic (exact) mass is 318 g/mol. The minimum absolute atomic E-state index is 0.0101. The highest BCUT2D eigenvalue weighted by Gasteiger charge is 2.32. The number of benzene rings is 2. The summed E-state index contributed by atoms with van der Waals surface area (Å²) < 4.78 is 51.5. The van der Waals surface area contributed by atoms with Crippen molar-refractivity contribution in [1.29, 1.82) is 0 Å². The van der Waals surface area contributed by atoms with Gasteiger partial charge in [-0.1, -0.05) is 17.7 Å². The van der Waals surface area contributed by atoms with Gasteiger partial charge in [-0.15, -0.1) is 0 Å². The Morgan fingerprint density at radius 3 is 2.24 bits per heavy atom. The summed E-state index contributed by atoms with van der Waals surface area (Å²) in [7, 11) is 0. The quantitative estimate of drug-likeness (QED) is 0.803. The third-order valence-corrected chi connectivity index (χ3v) is 3.05. The van der Waals surface area contributed by atoms with Crippen LogP contribution in [0.1, 0.15) is 15.9 Å². The number of hydrogen-bond acceptors (Lipinski definition) is 1. The van der Waals surface area contributed by atoms with E-state index in [-0.39, 0.29) is 16.1 Å². The first-order chi connectivity index (χ1) is 9.68. The Balaban J connectivity index is 2.64. The first-order valence-corrected chi connectivity index (χ1v) is 5.97. The fourth-order valence-corrected chi connectivity index (χ4v) is 1.94. The van der Waals surface area contributed by atoms with Gasteiger partial charge in [0.1, 0.15) is 5.82 Å². The molecule has 0 unspecified atom stereocenters. The molecule has 2 aromatic carbocycles. The van der Waals surface area contributed by atoms with E-state index in [0.29, 0.717) is 6.07 Å². The van der Waals surface area contributed by atoms with E-state index in [1.54, 1.807) is 0 Å². The van der Waals surface area contributed by atoms with Crippen molar-refractivity contribution in [3.63, 3.8) is 0 Å². The molecule has 0 saturated heterocycles. The maximum atomic E-state index is 13.1. The van der Waals surface area contributed by atoms with E-state index in [2.05, 4.69) is 0 Å². The van der Waals surface area contributed by atoms with Crippen molar-refractivity contribution in [2.24, 2.45) is 0 Å². The van der Waals surface area contributed by atoms with Crippen LogP contribution in [0, 0.1) is 5.82 Å². The second-order valence-electron chi connectivity index (χ2n) is 4.23. The van der Waals surface area contributed by atoms with Crippen LogP contribution in [-0.4, -0.2) is 11.1 Å². The van der Waals surface area contributed by atoms with Crippen molar-refractivity contribution >= 4 is 17.6 Å². The summed E-state index contributed by atoms with van der Waals surface area (Å²) in [4.78, 5) is 10.9. The molecular formula is C14H7ClF4O2. The third-order valence-electron chi connectivity index (χ3n) is 2.76. The predicted octanol–water partition coefficient (Wildman–Crippen LogP) is 4.86. The summed E-state index contributed by atoms with van der Waals surface area (Å²) in [5.41, 5.74) is -1.43. The summed E-state index contributed by atoms with van der Waals surface area (Å²) in [6.07, 6.45) is -4.69. The highest BCUT2D eigenvalue weighted by molar-refractivity contribution is 6.31. The van der Waals surface area contributed by atoms with Gasteiger partial charge in [0.25, 0.3) is 0 Å². The highest BCUT2D eigenvalue weighted by Crippen LogP contribution is 2.34. The molecule has 0 spiro atoms. The zero-order valence-corrected chi connectivity index (χ0v) is 11.0. The topological polar surface area (TPSA) is 37.3 Å². The van der Waals surface area contributed by atoms with Gasteiger partial charge < -0.3 is 5.11 Å². The zero-order chi connectivity index (χ0) is 15.8. The van der Waals surface area contributed by atoms with E-state index in [4.69, 9.17) is 16.7 Å². The van der Waals surface area contributed by atoms with Gasteiger partial charge in [-0.05, 0) is 41.5 Å². The Labute approximate surface area is 121 Å². The van der Waals surface area contributed by atoms with Crippen molar-refractivity contribution in [1.82, 2.24) is 0 Å². The Kier molecular flexibility index (Phi) is 3.91. The van der Waals surface area contributed by atoms with E-state index < -0.39 is 29.1 Å². The Morgan fingerprint density at radius 2 is 1.71 bits per heavy atom. The average molecular weight is 319 g/mol. The molecule has 0 aliphatic heterocycles. The number of carboxylic acid groups (broad SMARTS) is 1. The lowest BCUT2D eigenvalue weighted by Gasteiger charge is -2.11. The molecule has 0 aliphatic carbocycles. The largest absolute Gasteiger partial charge is 0.478 e. The van der Waals surface area contributed by atoms with Crippen LogP contribution in [0.25, 0.3) is 11.1 Å². The number of halogens is 5. The lowest BCUT2D eigenvalue weighted by molar-refractivity contribution is -0.137. The molecule has 7 heteroatoms. The minimum atomic E-state index is -4.69. The highest BCUT2D eigenvalue weighted by atomic mass is 35.5. The number of rotatable bonds is 2. The molecule has 0 aromatic heterocycles. The van der Waals surface area contributed by atoms with Crippen LogP contribution in [0.5, 0.6) is 0 Å². The third kappa shape index (κ3) is 3.33. The number of hydrogen-bond donors (Lipinski definition) is 1. The predicted molar refractivity (Wildman–Crippen MR) is 68.8 cm³/mol. The van der Waals surface area contributed by atoms with Gasteiger partial charge in [-0.2, -0.15) is 13.2 Å². The summed E-state index contributed by atoms with van der Waals surface area (Å²) >= 11 is 5.58. The molecule has 2 rings (SSSR count). The molecule has 2 nitrogen and oxygen atoms in total. The second-order valence-corrected chi connectivity index (χ2v) is 4.64. The fourth-order valence-electron chi connectivity index (χ4n) is 1.76. The smallest absolute Gasteiger partial charge is 0.416 e. The molecule has 1 N–H and O–H groups in total. The zero-order valence-electron chi connectivity index (χ0n) is 10.2. The molecule has 0 radical (unpaired) electrons. The Hall–Kier alpha value is -2.08. The summed E-state index contributed by atoms with van der Waals surface area (Å²) in [5.74, 6) is -2.21. The van der Waals surface area contributed by atoms with Crippen molar-refractivity contribution in [3.8, 4) is 11.1 Å². The standard InChI is InChI=1S/C14H7ClF4O2/c15-11-6-7(1-2-12(11)16)8-3-9(13(20)21)5-10(4-8)14(17,18)19/h1-6H,(H,20,21). The summed E-state index contributed by atoms with van der Waals surface area (Å²) in [6, 6.07) is 5.76. The number of carboxylic acids is 1. The molecule has 0 atom stereocenters. The van der Waals surface area contributed by atoms with Gasteiger partial charge in [-0.25, -0.2) is 9.18 Å². The van der Waals surface area contributed by atoms with E-state index >= 15 is 0 Å². The van der Waals surface area contributed by atoms with Gasteiger partial charge in [-0.3, -0.25) is 0 Å². The lowest BCUT2D eigenvalue weighted by Crippen LogP contribution is -2.08. The van der Waals surface area contributed by atoms with Crippen LogP contribution in [0.15, 0.2) is 36.4 Å². The molecule has 0 aliphatic rings. The van der Waals surface area contributed by atoms with E-state index in [1.807, 2.05) is 0 Å². The van der Waals surface area contributed by atoms with Crippen LogP contribution in [0.3, 0.4) is 0 Å². The van der Waals surface area contributed by atoms with Crippen LogP contribution >= 0.6 is 11.6 Å². The molecule has 0 heterocycles. The van der Waals surface area contributed by atoms with Crippen molar-refractivity contribution in [3.05, 3.63) is 58.4 Å². The number of aromatic carboxylic acids is 1. The lowest BCUT2D eigenvalue weighted by atomic mass is 9.99. The van der Waals surface area contributed by atoms with Crippen molar-refractivity contribution < 1.29 is 27.5 Å². The number of carbonyl (C=O) groups is 1. The van der Waals surface area contributed by atoms with Crippen LogP contribution in [-0.2, 0) is 6.18 Å². The Morgan fingerprint density at radius 1 is 1.05 bits per heavy atom. The Bertz CT molecular complexity index is 711. The van der Waals surface area contributed by atoms with E-state index in [9.17, 15) is 22.4 Å². The fraction of sp³-hybridized carbons (Fsp3) is 0.0714. The van der Waals surface area contributed by atoms with Crippen LogP contribution in [0.4, 0.5) is 17.6 Å².